The van der Waals surface area contributed by atoms with Crippen molar-refractivity contribution in [1.29, 1.82) is 0 Å². The van der Waals surface area contributed by atoms with Gasteiger partial charge in [0.25, 0.3) is 9.84 Å². The molecule has 2 unspecified atom stereocenters. The lowest BCUT2D eigenvalue weighted by Crippen LogP contribution is -2.33. The van der Waals surface area contributed by atoms with Crippen molar-refractivity contribution in [3.63, 3.8) is 0 Å². The highest BCUT2D eigenvalue weighted by molar-refractivity contribution is 7.92. The number of hydrogen-bond acceptors (Lipinski definition) is 3. The van der Waals surface area contributed by atoms with Gasteiger partial charge in [-0.05, 0) is 36.6 Å². The maximum absolute atomic E-state index is 12.5. The van der Waals surface area contributed by atoms with E-state index in [1.165, 1.54) is 12.1 Å². The Kier molecular flexibility index (Phi) is 4.44. The van der Waals surface area contributed by atoms with E-state index < -0.39 is 20.2 Å². The van der Waals surface area contributed by atoms with Crippen LogP contribution in [-0.4, -0.2) is 32.4 Å². The predicted molar refractivity (Wildman–Crippen MR) is 75.3 cm³/mol. The summed E-state index contributed by atoms with van der Waals surface area (Å²) in [4.78, 5) is 1.26. The highest BCUT2D eigenvalue weighted by Crippen LogP contribution is 2.34. The molecule has 118 valence electrons. The van der Waals surface area contributed by atoms with Crippen molar-refractivity contribution in [3.8, 4) is 0 Å². The third-order valence-electron chi connectivity index (χ3n) is 3.82. The first kappa shape index (κ1) is 16.4. The molecular formula is C13H15ClF3NO2S. The van der Waals surface area contributed by atoms with Gasteiger partial charge in [-0.3, -0.25) is 0 Å². The molecule has 0 radical (unpaired) electrons. The first-order valence-electron chi connectivity index (χ1n) is 6.42. The molecule has 0 spiro atoms. The lowest BCUT2D eigenvalue weighted by atomic mass is 10.0. The molecule has 21 heavy (non-hydrogen) atoms. The van der Waals surface area contributed by atoms with Gasteiger partial charge in [-0.1, -0.05) is 6.92 Å². The standard InChI is InChI=1S/C13H15ClF3NO2S/c1-9-6-7-18(12(9)8-14)10-2-4-11(5-3-10)21(19,20)13(15,16)17/h2-5,9,12H,6-8H2,1H3. The molecule has 1 saturated heterocycles. The van der Waals surface area contributed by atoms with E-state index in [4.69, 9.17) is 11.6 Å². The Labute approximate surface area is 126 Å². The minimum Gasteiger partial charge on any atom is -0.367 e. The van der Waals surface area contributed by atoms with E-state index >= 15 is 0 Å². The molecular weight excluding hydrogens is 327 g/mol. The van der Waals surface area contributed by atoms with Gasteiger partial charge in [0.15, 0.2) is 0 Å². The normalized spacial score (nSPS) is 23.6. The Bertz CT molecular complexity index is 601. The molecule has 1 aromatic carbocycles. The third-order valence-corrected chi connectivity index (χ3v) is 5.64. The maximum Gasteiger partial charge on any atom is 0.501 e. The highest BCUT2D eigenvalue weighted by atomic mass is 35.5. The first-order valence-corrected chi connectivity index (χ1v) is 8.44. The van der Waals surface area contributed by atoms with Gasteiger partial charge in [-0.25, -0.2) is 8.42 Å². The molecule has 0 N–H and O–H groups in total. The minimum atomic E-state index is -5.29. The van der Waals surface area contributed by atoms with Gasteiger partial charge in [-0.15, -0.1) is 11.6 Å². The summed E-state index contributed by atoms with van der Waals surface area (Å²) in [7, 11) is -5.29. The van der Waals surface area contributed by atoms with Crippen LogP contribution in [0.3, 0.4) is 0 Å². The van der Waals surface area contributed by atoms with Crippen LogP contribution in [0, 0.1) is 5.92 Å². The fraction of sp³-hybridized carbons (Fsp3) is 0.538. The maximum atomic E-state index is 12.5. The molecule has 3 nitrogen and oxygen atoms in total. The van der Waals surface area contributed by atoms with Crippen molar-refractivity contribution in [3.05, 3.63) is 24.3 Å². The van der Waals surface area contributed by atoms with E-state index in [9.17, 15) is 21.6 Å². The molecule has 0 aromatic heterocycles. The Morgan fingerprint density at radius 1 is 1.29 bits per heavy atom. The molecule has 8 heteroatoms. The Balaban J connectivity index is 2.28. The SMILES string of the molecule is CC1CCN(c2ccc(S(=O)(=O)C(F)(F)F)cc2)C1CCl. The summed E-state index contributed by atoms with van der Waals surface area (Å²) in [5.74, 6) is 0.810. The second-order valence-corrected chi connectivity index (χ2v) is 7.37. The van der Waals surface area contributed by atoms with Crippen LogP contribution in [0.1, 0.15) is 13.3 Å². The average molecular weight is 342 g/mol. The van der Waals surface area contributed by atoms with Crippen LogP contribution < -0.4 is 4.90 Å². The number of anilines is 1. The van der Waals surface area contributed by atoms with Gasteiger partial charge in [0, 0.05) is 24.2 Å². The van der Waals surface area contributed by atoms with Gasteiger partial charge in [0.1, 0.15) is 0 Å². The van der Waals surface area contributed by atoms with E-state index in [0.717, 1.165) is 25.1 Å². The smallest absolute Gasteiger partial charge is 0.367 e. The summed E-state index contributed by atoms with van der Waals surface area (Å²) in [6, 6.07) is 4.89. The summed E-state index contributed by atoms with van der Waals surface area (Å²) in [5.41, 5.74) is -4.60. The van der Waals surface area contributed by atoms with Crippen molar-refractivity contribution in [2.45, 2.75) is 29.8 Å². The van der Waals surface area contributed by atoms with Crippen molar-refractivity contribution < 1.29 is 21.6 Å². The molecule has 1 heterocycles. The fourth-order valence-electron chi connectivity index (χ4n) is 2.51. The lowest BCUT2D eigenvalue weighted by molar-refractivity contribution is -0.0436. The molecule has 1 aromatic rings. The highest BCUT2D eigenvalue weighted by Gasteiger charge is 2.46. The molecule has 0 bridgehead atoms. The fourth-order valence-corrected chi connectivity index (χ4v) is 3.75. The van der Waals surface area contributed by atoms with Crippen LogP contribution in [0.5, 0.6) is 0 Å². The first-order chi connectivity index (χ1) is 9.68. The Morgan fingerprint density at radius 2 is 1.86 bits per heavy atom. The Hall–Kier alpha value is -0.950. The van der Waals surface area contributed by atoms with E-state index in [1.807, 2.05) is 4.90 Å². The topological polar surface area (TPSA) is 37.4 Å². The number of rotatable bonds is 3. The zero-order chi connectivity index (χ0) is 15.8. The molecule has 2 rings (SSSR count). The summed E-state index contributed by atoms with van der Waals surface area (Å²) >= 11 is 5.92. The van der Waals surface area contributed by atoms with Gasteiger partial charge < -0.3 is 4.90 Å². The number of benzene rings is 1. The zero-order valence-electron chi connectivity index (χ0n) is 11.3. The van der Waals surface area contributed by atoms with Crippen LogP contribution in [0.2, 0.25) is 0 Å². The molecule has 0 amide bonds. The Morgan fingerprint density at radius 3 is 2.33 bits per heavy atom. The van der Waals surface area contributed by atoms with E-state index in [2.05, 4.69) is 6.92 Å². The summed E-state index contributed by atoms with van der Waals surface area (Å²) in [5, 5.41) is 0. The van der Waals surface area contributed by atoms with Gasteiger partial charge in [0.05, 0.1) is 4.90 Å². The van der Waals surface area contributed by atoms with Crippen LogP contribution >= 0.6 is 11.6 Å². The van der Waals surface area contributed by atoms with Crippen molar-refractivity contribution >= 4 is 27.1 Å². The van der Waals surface area contributed by atoms with Gasteiger partial charge >= 0.3 is 5.51 Å². The monoisotopic (exact) mass is 341 g/mol. The van der Waals surface area contributed by atoms with Gasteiger partial charge in [0.2, 0.25) is 0 Å². The summed E-state index contributed by atoms with van der Waals surface area (Å²) in [6.45, 7) is 2.82. The second-order valence-electron chi connectivity index (χ2n) is 5.12. The molecule has 1 fully saturated rings. The average Bonchev–Trinajstić information content (AvgIpc) is 2.78. The largest absolute Gasteiger partial charge is 0.501 e. The number of nitrogens with zero attached hydrogens (tertiary/aromatic N) is 1. The number of sulfone groups is 1. The lowest BCUT2D eigenvalue weighted by Gasteiger charge is -2.27. The second kappa shape index (κ2) is 5.68. The van der Waals surface area contributed by atoms with Crippen molar-refractivity contribution in [2.24, 2.45) is 5.92 Å². The number of alkyl halides is 4. The summed E-state index contributed by atoms with van der Waals surface area (Å²) < 4.78 is 60.0. The van der Waals surface area contributed by atoms with Gasteiger partial charge in [-0.2, -0.15) is 13.2 Å². The van der Waals surface area contributed by atoms with Crippen LogP contribution in [0.15, 0.2) is 29.2 Å². The molecule has 0 saturated carbocycles. The van der Waals surface area contributed by atoms with Crippen molar-refractivity contribution in [2.75, 3.05) is 17.3 Å². The molecule has 2 atom stereocenters. The molecule has 1 aliphatic rings. The predicted octanol–water partition coefficient (Wildman–Crippen LogP) is 3.43. The molecule has 1 aliphatic heterocycles. The van der Waals surface area contributed by atoms with E-state index in [-0.39, 0.29) is 6.04 Å². The zero-order valence-corrected chi connectivity index (χ0v) is 12.8. The van der Waals surface area contributed by atoms with Crippen LogP contribution in [0.4, 0.5) is 18.9 Å². The molecule has 0 aliphatic carbocycles. The third kappa shape index (κ3) is 2.99. The van der Waals surface area contributed by atoms with E-state index in [1.54, 1.807) is 0 Å². The van der Waals surface area contributed by atoms with Crippen LogP contribution in [0.25, 0.3) is 0 Å². The number of halogens is 4. The minimum absolute atomic E-state index is 0.108. The summed E-state index contributed by atoms with van der Waals surface area (Å²) in [6.07, 6.45) is 0.944. The van der Waals surface area contributed by atoms with Crippen molar-refractivity contribution in [1.82, 2.24) is 0 Å². The van der Waals surface area contributed by atoms with E-state index in [0.29, 0.717) is 17.5 Å². The van der Waals surface area contributed by atoms with Crippen LogP contribution in [-0.2, 0) is 9.84 Å². The number of hydrogen-bond donors (Lipinski definition) is 0. The quantitative estimate of drug-likeness (QED) is 0.790.